The molecule has 0 fully saturated rings. The number of nitrogens with one attached hydrogen (secondary N) is 2. The second kappa shape index (κ2) is 18.4. The Labute approximate surface area is 330 Å². The van der Waals surface area contributed by atoms with Gasteiger partial charge in [0.05, 0.1) is 37.6 Å². The molecule has 3 aromatic heterocycles. The lowest BCUT2D eigenvalue weighted by atomic mass is 9.93. The van der Waals surface area contributed by atoms with E-state index in [0.29, 0.717) is 36.2 Å². The summed E-state index contributed by atoms with van der Waals surface area (Å²) in [5, 5.41) is 1.47. The number of aromatic nitrogens is 4. The van der Waals surface area contributed by atoms with Crippen molar-refractivity contribution in [3.8, 4) is 17.5 Å². The number of halogens is 3. The number of imidazole rings is 1. The lowest BCUT2D eigenvalue weighted by Crippen LogP contribution is -2.35. The Kier molecular flexibility index (Phi) is 13.7. The molecule has 1 aliphatic heterocycles. The molecule has 0 radical (unpaired) electrons. The lowest BCUT2D eigenvalue weighted by Gasteiger charge is -2.18. The van der Waals surface area contributed by atoms with Crippen LogP contribution in [0.3, 0.4) is 0 Å². The molecule has 0 bridgehead atoms. The van der Waals surface area contributed by atoms with Gasteiger partial charge in [0, 0.05) is 23.4 Å². The normalized spacial score (nSPS) is 13.9. The van der Waals surface area contributed by atoms with Gasteiger partial charge in [-0.3, -0.25) is 19.3 Å². The number of unbranched alkanes of at least 4 members (excludes halogenated alkanes) is 2. The maximum Gasteiger partial charge on any atom is 0.344 e. The molecule has 0 unspecified atom stereocenters. The summed E-state index contributed by atoms with van der Waals surface area (Å²) in [5.41, 5.74) is 0.983. The van der Waals surface area contributed by atoms with E-state index in [9.17, 15) is 32.0 Å². The molecule has 1 aromatic carbocycles. The minimum atomic E-state index is -4.34. The van der Waals surface area contributed by atoms with Crippen molar-refractivity contribution in [3.63, 3.8) is 0 Å². The van der Waals surface area contributed by atoms with Crippen LogP contribution >= 0.6 is 23.2 Å². The van der Waals surface area contributed by atoms with E-state index >= 15 is 0 Å². The standard InChI is InChI=1S/C21H23ClFNO5.C14H13ClN6O5S/c1-2-3-6-9-28-19(25)12-29-18-11-17(16(23)10-15(18)22)24-20(26)13-7-4-5-8-14(13)21(24)27;1-25-9-7-10(26-2)18-13(17-9)19-14(22)20-27(23,24)12-11(15)16-8-5-3-4-6-21(8)12/h10-11H,2-9,12H2,1H3;3-7H,1-2H3,(H2,17,18,19,20,22). The van der Waals surface area contributed by atoms with Gasteiger partial charge in [-0.2, -0.15) is 18.4 Å². The molecule has 0 spiro atoms. The monoisotopic (exact) mass is 835 g/mol. The Bertz CT molecular complexity index is 2250. The number of carbonyl (C=O) groups excluding carboxylic acids is 4. The number of urea groups is 1. The van der Waals surface area contributed by atoms with Crippen LogP contribution in [0, 0.1) is 5.82 Å². The number of amides is 4. The van der Waals surface area contributed by atoms with Crippen LogP contribution in [0.15, 0.2) is 58.8 Å². The fourth-order valence-corrected chi connectivity index (χ4v) is 7.39. The second-order valence-corrected chi connectivity index (χ2v) is 14.4. The Hall–Kier alpha value is -5.53. The van der Waals surface area contributed by atoms with Gasteiger partial charge < -0.3 is 18.9 Å². The van der Waals surface area contributed by atoms with E-state index in [1.54, 1.807) is 18.2 Å². The van der Waals surface area contributed by atoms with Crippen molar-refractivity contribution in [3.05, 3.63) is 69.7 Å². The third-order valence-electron chi connectivity index (χ3n) is 8.24. The summed E-state index contributed by atoms with van der Waals surface area (Å²) in [5.74, 6) is -2.39. The summed E-state index contributed by atoms with van der Waals surface area (Å²) in [7, 11) is -1.61. The first-order chi connectivity index (χ1) is 26.8. The van der Waals surface area contributed by atoms with Gasteiger partial charge in [-0.05, 0) is 50.3 Å². The number of hydrogen-bond donors (Lipinski definition) is 2. The third-order valence-corrected chi connectivity index (χ3v) is 10.3. The molecule has 0 saturated carbocycles. The molecule has 2 aliphatic rings. The molecule has 2 N–H and O–H groups in total. The van der Waals surface area contributed by atoms with Crippen molar-refractivity contribution in [2.75, 3.05) is 37.7 Å². The average Bonchev–Trinajstić information content (AvgIpc) is 3.65. The number of benzene rings is 1. The van der Waals surface area contributed by atoms with Crippen LogP contribution in [0.5, 0.6) is 17.5 Å². The highest BCUT2D eigenvalue weighted by atomic mass is 35.5. The van der Waals surface area contributed by atoms with E-state index in [4.69, 9.17) is 42.1 Å². The predicted octanol–water partition coefficient (Wildman–Crippen LogP) is 5.64. The van der Waals surface area contributed by atoms with E-state index in [-0.39, 0.29) is 44.3 Å². The first-order valence-corrected chi connectivity index (χ1v) is 19.3. The molecule has 1 aliphatic carbocycles. The molecule has 21 heteroatoms. The number of ether oxygens (including phenoxy) is 4. The molecule has 0 saturated heterocycles. The number of pyridine rings is 1. The molecule has 17 nitrogen and oxygen atoms in total. The highest BCUT2D eigenvalue weighted by Crippen LogP contribution is 2.39. The number of fused-ring (bicyclic) bond motifs is 1. The first-order valence-electron chi connectivity index (χ1n) is 17.1. The van der Waals surface area contributed by atoms with Gasteiger partial charge in [-0.15, -0.1) is 0 Å². The second-order valence-electron chi connectivity index (χ2n) is 12.0. The van der Waals surface area contributed by atoms with Gasteiger partial charge in [-0.25, -0.2) is 28.6 Å². The number of sulfonamides is 1. The molecule has 4 heterocycles. The zero-order valence-electron chi connectivity index (χ0n) is 30.3. The topological polar surface area (TPSA) is 210 Å². The van der Waals surface area contributed by atoms with Gasteiger partial charge in [0.2, 0.25) is 17.7 Å². The molecule has 4 aromatic rings. The number of nitrogens with zero attached hydrogens (tertiary/aromatic N) is 5. The molecule has 6 rings (SSSR count). The summed E-state index contributed by atoms with van der Waals surface area (Å²) >= 11 is 12.0. The van der Waals surface area contributed by atoms with Gasteiger partial charge in [0.1, 0.15) is 17.2 Å². The van der Waals surface area contributed by atoms with Crippen molar-refractivity contribution < 1.29 is 50.9 Å². The molecule has 4 amide bonds. The lowest BCUT2D eigenvalue weighted by molar-refractivity contribution is -0.146. The number of carbonyl (C=O) groups is 4. The SMILES string of the molecule is CCCCCOC(=O)COc1cc(N2C(=O)C3=C(CCCC3)C2=O)c(F)cc1Cl.COc1cc(OC)nc(NC(=O)NS(=O)(=O)c2c(Cl)nc3ccccn23)n1. The summed E-state index contributed by atoms with van der Waals surface area (Å²) in [6, 6.07) is 7.27. The number of esters is 1. The predicted molar refractivity (Wildman–Crippen MR) is 200 cm³/mol. The van der Waals surface area contributed by atoms with Crippen molar-refractivity contribution in [2.45, 2.75) is 56.9 Å². The van der Waals surface area contributed by atoms with Crippen molar-refractivity contribution in [1.29, 1.82) is 0 Å². The Balaban J connectivity index is 0.000000215. The van der Waals surface area contributed by atoms with E-state index in [1.165, 1.54) is 36.9 Å². The summed E-state index contributed by atoms with van der Waals surface area (Å²) in [6.45, 7) is 1.93. The van der Waals surface area contributed by atoms with Crippen LogP contribution in [0.25, 0.3) is 5.65 Å². The minimum absolute atomic E-state index is 0.000883. The van der Waals surface area contributed by atoms with Gasteiger partial charge in [-0.1, -0.05) is 49.0 Å². The third kappa shape index (κ3) is 9.64. The molecular weight excluding hydrogens is 800 g/mol. The highest BCUT2D eigenvalue weighted by molar-refractivity contribution is 7.90. The fourth-order valence-electron chi connectivity index (χ4n) is 5.63. The van der Waals surface area contributed by atoms with E-state index in [1.807, 2.05) is 11.6 Å². The highest BCUT2D eigenvalue weighted by Gasteiger charge is 2.41. The number of rotatable bonds is 13. The first kappa shape index (κ1) is 41.6. The number of anilines is 2. The summed E-state index contributed by atoms with van der Waals surface area (Å²) in [4.78, 5) is 61.8. The average molecular weight is 837 g/mol. The van der Waals surface area contributed by atoms with Crippen LogP contribution < -0.4 is 29.1 Å². The van der Waals surface area contributed by atoms with Crippen molar-refractivity contribution in [2.24, 2.45) is 0 Å². The summed E-state index contributed by atoms with van der Waals surface area (Å²) < 4.78 is 63.1. The zero-order chi connectivity index (χ0) is 40.6. The number of methoxy groups -OCH3 is 2. The van der Waals surface area contributed by atoms with Crippen LogP contribution in [-0.2, 0) is 29.1 Å². The maximum absolute atomic E-state index is 14.5. The smallest absolute Gasteiger partial charge is 0.344 e. The van der Waals surface area contributed by atoms with Gasteiger partial charge in [0.15, 0.2) is 16.8 Å². The summed E-state index contributed by atoms with van der Waals surface area (Å²) in [6.07, 6.45) is 6.85. The Morgan fingerprint density at radius 1 is 0.946 bits per heavy atom. The Morgan fingerprint density at radius 3 is 2.23 bits per heavy atom. The maximum atomic E-state index is 14.5. The fraction of sp³-hybridized carbons (Fsp3) is 0.343. The zero-order valence-corrected chi connectivity index (χ0v) is 32.6. The van der Waals surface area contributed by atoms with Crippen molar-refractivity contribution >= 4 is 74.3 Å². The largest absolute Gasteiger partial charge is 0.481 e. The molecule has 298 valence electrons. The minimum Gasteiger partial charge on any atom is -0.481 e. The quantitative estimate of drug-likeness (QED) is 0.0950. The van der Waals surface area contributed by atoms with E-state index < -0.39 is 46.3 Å². The van der Waals surface area contributed by atoms with Crippen LogP contribution in [0.1, 0.15) is 51.9 Å². The van der Waals surface area contributed by atoms with Crippen molar-refractivity contribution in [1.82, 2.24) is 24.1 Å². The molecule has 56 heavy (non-hydrogen) atoms. The van der Waals surface area contributed by atoms with Crippen LogP contribution in [-0.4, -0.2) is 79.0 Å². The van der Waals surface area contributed by atoms with Gasteiger partial charge >= 0.3 is 12.0 Å². The number of hydrogen-bond acceptors (Lipinski definition) is 13. The van der Waals surface area contributed by atoms with Crippen LogP contribution in [0.2, 0.25) is 10.2 Å². The van der Waals surface area contributed by atoms with E-state index in [2.05, 4.69) is 20.3 Å². The van der Waals surface area contributed by atoms with Crippen LogP contribution in [0.4, 0.5) is 20.8 Å². The molecular formula is C35H36Cl2FN7O10S. The molecule has 0 atom stereocenters. The van der Waals surface area contributed by atoms with E-state index in [0.717, 1.165) is 43.1 Å². The van der Waals surface area contributed by atoms with Gasteiger partial charge in [0.25, 0.3) is 21.8 Å². The number of imide groups is 1. The Morgan fingerprint density at radius 2 is 1.61 bits per heavy atom.